The third-order valence-electron chi connectivity index (χ3n) is 8.34. The minimum absolute atomic E-state index is 0.150. The molecule has 1 atom stereocenters. The molecule has 0 aliphatic carbocycles. The second-order valence-corrected chi connectivity index (χ2v) is 12.5. The van der Waals surface area contributed by atoms with Gasteiger partial charge in [-0.15, -0.1) is 0 Å². The largest absolute Gasteiger partial charge is 0.494 e. The number of hydrogen-bond donors (Lipinski definition) is 1. The van der Waals surface area contributed by atoms with Gasteiger partial charge < -0.3 is 24.7 Å². The molecule has 0 heterocycles. The molecule has 3 aromatic rings. The van der Waals surface area contributed by atoms with Crippen LogP contribution >= 0.6 is 0 Å². The lowest BCUT2D eigenvalue weighted by Gasteiger charge is -2.16. The van der Waals surface area contributed by atoms with Gasteiger partial charge in [0.05, 0.1) is 29.5 Å². The number of nitrogens with two attached hydrogens (primary N) is 1. The van der Waals surface area contributed by atoms with Crippen LogP contribution in [0.1, 0.15) is 114 Å². The topological polar surface area (TPSA) is 140 Å². The maximum absolute atomic E-state index is 12.8. The van der Waals surface area contributed by atoms with Crippen LogP contribution in [0.25, 0.3) is 11.1 Å². The van der Waals surface area contributed by atoms with E-state index in [0.717, 1.165) is 83.5 Å². The Labute approximate surface area is 296 Å². The number of hydrogen-bond acceptors (Lipinski definition) is 9. The zero-order valence-electron chi connectivity index (χ0n) is 29.5. The number of rotatable bonds is 24. The molecule has 0 saturated heterocycles. The lowest BCUT2D eigenvalue weighted by molar-refractivity contribution is -0.386. The van der Waals surface area contributed by atoms with Gasteiger partial charge in [0.1, 0.15) is 11.5 Å². The van der Waals surface area contributed by atoms with Crippen LogP contribution in [0.2, 0.25) is 0 Å². The predicted octanol–water partition coefficient (Wildman–Crippen LogP) is 10.4. The second kappa shape index (κ2) is 22.0. The normalized spacial score (nSPS) is 11.4. The maximum atomic E-state index is 12.8. The average molecular weight is 689 g/mol. The summed E-state index contributed by atoms with van der Waals surface area (Å²) in [5, 5.41) is 11.9. The third kappa shape index (κ3) is 13.9. The molecule has 3 aromatic carbocycles. The molecule has 0 fully saturated rings. The van der Waals surface area contributed by atoms with Gasteiger partial charge in [-0.1, -0.05) is 83.4 Å². The standard InChI is InChI=1S/C40H52N2O8/c1-4-6-7-14-17-30(3)49-38-29-36(41)35(28-37(38)42(45)46)31-19-21-32(22-20-31)40(44)50-34-25-23-33(24-26-34)48-27-16-13-11-9-8-10-12-15-18-39(43)47-5-2/h5,19-26,28-30H,2,4,6-18,27,41H2,1,3H3. The van der Waals surface area contributed by atoms with Gasteiger partial charge in [-0.3, -0.25) is 14.9 Å². The molecule has 270 valence electrons. The molecule has 0 aliphatic heterocycles. The summed E-state index contributed by atoms with van der Waals surface area (Å²) in [6.45, 7) is 8.05. The van der Waals surface area contributed by atoms with Gasteiger partial charge >= 0.3 is 17.6 Å². The Hall–Kier alpha value is -4.86. The van der Waals surface area contributed by atoms with Gasteiger partial charge in [-0.2, -0.15) is 0 Å². The van der Waals surface area contributed by atoms with Crippen LogP contribution in [-0.2, 0) is 9.53 Å². The van der Waals surface area contributed by atoms with Crippen molar-refractivity contribution in [2.45, 2.75) is 110 Å². The SMILES string of the molecule is C=COC(=O)CCCCCCCCCCOc1ccc(OC(=O)c2ccc(-c3cc([N+](=O)[O-])c(OC(C)CCCCCC)cc3N)cc2)cc1. The van der Waals surface area contributed by atoms with Gasteiger partial charge in [-0.05, 0) is 74.6 Å². The van der Waals surface area contributed by atoms with Crippen molar-refractivity contribution in [1.82, 2.24) is 0 Å². The lowest BCUT2D eigenvalue weighted by atomic mass is 10.0. The first-order valence-corrected chi connectivity index (χ1v) is 17.8. The van der Waals surface area contributed by atoms with E-state index < -0.39 is 10.9 Å². The number of carbonyl (C=O) groups is 2. The van der Waals surface area contributed by atoms with Crippen LogP contribution in [0.4, 0.5) is 11.4 Å². The fourth-order valence-electron chi connectivity index (χ4n) is 5.54. The summed E-state index contributed by atoms with van der Waals surface area (Å²) in [7, 11) is 0. The molecule has 50 heavy (non-hydrogen) atoms. The van der Waals surface area contributed by atoms with E-state index in [1.807, 2.05) is 6.92 Å². The number of anilines is 1. The number of nitro groups is 1. The molecule has 0 radical (unpaired) electrons. The quantitative estimate of drug-likeness (QED) is 0.0185. The zero-order chi connectivity index (χ0) is 36.1. The number of nitro benzene ring substituents is 1. The Bertz CT molecular complexity index is 1500. The molecule has 0 aliphatic rings. The van der Waals surface area contributed by atoms with E-state index in [4.69, 9.17) is 24.7 Å². The molecule has 3 rings (SSSR count). The Kier molecular flexibility index (Phi) is 17.4. The van der Waals surface area contributed by atoms with E-state index >= 15 is 0 Å². The van der Waals surface area contributed by atoms with Gasteiger partial charge in [0, 0.05) is 29.8 Å². The molecule has 10 heteroatoms. The smallest absolute Gasteiger partial charge is 0.343 e. The first-order valence-electron chi connectivity index (χ1n) is 17.8. The van der Waals surface area contributed by atoms with Crippen molar-refractivity contribution in [2.24, 2.45) is 0 Å². The van der Waals surface area contributed by atoms with E-state index in [1.54, 1.807) is 48.5 Å². The van der Waals surface area contributed by atoms with Crippen molar-refractivity contribution < 1.29 is 33.5 Å². The van der Waals surface area contributed by atoms with Gasteiger partial charge in [-0.25, -0.2) is 4.79 Å². The number of carbonyl (C=O) groups excluding carboxylic acids is 2. The van der Waals surface area contributed by atoms with Crippen molar-refractivity contribution in [2.75, 3.05) is 12.3 Å². The summed E-state index contributed by atoms with van der Waals surface area (Å²) in [6, 6.07) is 16.4. The Morgan fingerprint density at radius 3 is 2.12 bits per heavy atom. The number of nitrogens with zero attached hydrogens (tertiary/aromatic N) is 1. The van der Waals surface area contributed by atoms with Crippen molar-refractivity contribution in [3.8, 4) is 28.4 Å². The first-order chi connectivity index (χ1) is 24.2. The third-order valence-corrected chi connectivity index (χ3v) is 8.34. The molecule has 2 N–H and O–H groups in total. The van der Waals surface area contributed by atoms with Crippen LogP contribution in [0, 0.1) is 10.1 Å². The van der Waals surface area contributed by atoms with Crippen LogP contribution in [0.3, 0.4) is 0 Å². The van der Waals surface area contributed by atoms with E-state index in [1.165, 1.54) is 18.4 Å². The minimum atomic E-state index is -0.531. The first kappa shape index (κ1) is 39.6. The fraction of sp³-hybridized carbons (Fsp3) is 0.450. The van der Waals surface area contributed by atoms with E-state index in [9.17, 15) is 19.7 Å². The number of unbranched alkanes of at least 4 members (excludes halogenated alkanes) is 10. The number of ether oxygens (including phenoxy) is 4. The number of benzene rings is 3. The van der Waals surface area contributed by atoms with E-state index in [0.29, 0.717) is 46.9 Å². The Balaban J connectivity index is 1.42. The number of esters is 2. The van der Waals surface area contributed by atoms with Crippen LogP contribution in [0.15, 0.2) is 73.5 Å². The zero-order valence-corrected chi connectivity index (χ0v) is 29.5. The highest BCUT2D eigenvalue weighted by Gasteiger charge is 2.21. The molecule has 0 amide bonds. The van der Waals surface area contributed by atoms with Crippen LogP contribution in [-0.4, -0.2) is 29.6 Å². The van der Waals surface area contributed by atoms with Crippen molar-refractivity contribution in [1.29, 1.82) is 0 Å². The van der Waals surface area contributed by atoms with Gasteiger partial charge in [0.25, 0.3) is 0 Å². The van der Waals surface area contributed by atoms with Gasteiger partial charge in [0.15, 0.2) is 5.75 Å². The monoisotopic (exact) mass is 688 g/mol. The van der Waals surface area contributed by atoms with Crippen molar-refractivity contribution >= 4 is 23.3 Å². The van der Waals surface area contributed by atoms with Crippen molar-refractivity contribution in [3.05, 3.63) is 89.2 Å². The molecule has 0 bridgehead atoms. The highest BCUT2D eigenvalue weighted by molar-refractivity contribution is 5.92. The summed E-state index contributed by atoms with van der Waals surface area (Å²) < 4.78 is 22.0. The second-order valence-electron chi connectivity index (χ2n) is 12.5. The van der Waals surface area contributed by atoms with Gasteiger partial charge in [0.2, 0.25) is 0 Å². The number of nitrogen functional groups attached to an aromatic ring is 1. The van der Waals surface area contributed by atoms with E-state index in [-0.39, 0.29) is 23.5 Å². The highest BCUT2D eigenvalue weighted by atomic mass is 16.6. The summed E-state index contributed by atoms with van der Waals surface area (Å²) in [5.41, 5.74) is 7.94. The molecule has 1 unspecified atom stereocenters. The minimum Gasteiger partial charge on any atom is -0.494 e. The average Bonchev–Trinajstić information content (AvgIpc) is 3.10. The molecule has 0 aromatic heterocycles. The molecule has 0 saturated carbocycles. The fourth-order valence-corrected chi connectivity index (χ4v) is 5.54. The summed E-state index contributed by atoms with van der Waals surface area (Å²) in [4.78, 5) is 35.5. The van der Waals surface area contributed by atoms with Crippen molar-refractivity contribution in [3.63, 3.8) is 0 Å². The summed E-state index contributed by atoms with van der Waals surface area (Å²) >= 11 is 0. The van der Waals surface area contributed by atoms with Crippen LogP contribution in [0.5, 0.6) is 17.2 Å². The molecule has 10 nitrogen and oxygen atoms in total. The van der Waals surface area contributed by atoms with E-state index in [2.05, 4.69) is 13.5 Å². The molecular formula is C40H52N2O8. The predicted molar refractivity (Wildman–Crippen MR) is 197 cm³/mol. The summed E-state index contributed by atoms with van der Waals surface area (Å²) in [5.74, 6) is 0.492. The molecule has 0 spiro atoms. The Morgan fingerprint density at radius 2 is 1.48 bits per heavy atom. The summed E-state index contributed by atoms with van der Waals surface area (Å²) in [6.07, 6.45) is 15.1. The Morgan fingerprint density at radius 1 is 0.860 bits per heavy atom. The molecular weight excluding hydrogens is 636 g/mol. The lowest BCUT2D eigenvalue weighted by Crippen LogP contribution is -2.13. The maximum Gasteiger partial charge on any atom is 0.343 e. The highest BCUT2D eigenvalue weighted by Crippen LogP contribution is 2.38. The van der Waals surface area contributed by atoms with Crippen LogP contribution < -0.4 is 19.9 Å².